The van der Waals surface area contributed by atoms with E-state index in [1.54, 1.807) is 16.7 Å². The van der Waals surface area contributed by atoms with Crippen LogP contribution in [-0.2, 0) is 11.3 Å². The summed E-state index contributed by atoms with van der Waals surface area (Å²) in [5.74, 6) is 0.449. The molecule has 0 unspecified atom stereocenters. The van der Waals surface area contributed by atoms with Crippen molar-refractivity contribution in [3.8, 4) is 10.7 Å². The van der Waals surface area contributed by atoms with Crippen LogP contribution in [0.2, 0.25) is 0 Å². The number of carbonyl (C=O) groups excluding carboxylic acids is 1. The van der Waals surface area contributed by atoms with Crippen molar-refractivity contribution in [2.24, 2.45) is 0 Å². The lowest BCUT2D eigenvalue weighted by Crippen LogP contribution is -2.31. The second-order valence-corrected chi connectivity index (χ2v) is 6.83. The Hall–Kier alpha value is -3.05. The highest BCUT2D eigenvalue weighted by Gasteiger charge is 2.12. The maximum atomic E-state index is 12.2. The van der Waals surface area contributed by atoms with Gasteiger partial charge in [0.1, 0.15) is 6.54 Å². The largest absolute Gasteiger partial charge is 0.383 e. The summed E-state index contributed by atoms with van der Waals surface area (Å²) in [4.78, 5) is 23.3. The van der Waals surface area contributed by atoms with Crippen LogP contribution in [0.3, 0.4) is 0 Å². The fourth-order valence-corrected chi connectivity index (χ4v) is 3.29. The summed E-state index contributed by atoms with van der Waals surface area (Å²) < 4.78 is 2.04. The highest BCUT2D eigenvalue weighted by molar-refractivity contribution is 7.71. The first kappa shape index (κ1) is 18.7. The summed E-state index contributed by atoms with van der Waals surface area (Å²) in [6.07, 6.45) is 0. The zero-order valence-electron chi connectivity index (χ0n) is 14.0. The van der Waals surface area contributed by atoms with Crippen molar-refractivity contribution >= 4 is 40.8 Å². The third-order valence-electron chi connectivity index (χ3n) is 3.66. The molecule has 0 aliphatic rings. The van der Waals surface area contributed by atoms with Crippen molar-refractivity contribution in [1.29, 1.82) is 0 Å². The van der Waals surface area contributed by atoms with Gasteiger partial charge in [-0.05, 0) is 35.8 Å². The van der Waals surface area contributed by atoms with Crippen LogP contribution in [0.4, 0.5) is 11.4 Å². The molecule has 3 rings (SSSR count). The molecule has 1 amide bonds. The molecule has 2 heterocycles. The van der Waals surface area contributed by atoms with E-state index in [-0.39, 0.29) is 18.1 Å². The lowest BCUT2D eigenvalue weighted by molar-refractivity contribution is -0.384. The van der Waals surface area contributed by atoms with Crippen molar-refractivity contribution in [3.63, 3.8) is 0 Å². The number of amides is 1. The maximum absolute atomic E-state index is 12.2. The Bertz CT molecular complexity index is 979. The molecule has 0 atom stereocenters. The second-order valence-electron chi connectivity index (χ2n) is 5.50. The van der Waals surface area contributed by atoms with E-state index in [9.17, 15) is 14.9 Å². The summed E-state index contributed by atoms with van der Waals surface area (Å²) >= 11 is 6.72. The number of H-pyrrole nitrogens is 1. The van der Waals surface area contributed by atoms with Crippen LogP contribution >= 0.6 is 23.6 Å². The maximum Gasteiger partial charge on any atom is 0.269 e. The second kappa shape index (κ2) is 8.56. The molecule has 0 bridgehead atoms. The first-order valence-corrected chi connectivity index (χ1v) is 9.27. The first-order chi connectivity index (χ1) is 13.0. The number of non-ortho nitro benzene ring substituents is 1. The van der Waals surface area contributed by atoms with E-state index in [4.69, 9.17) is 12.2 Å². The van der Waals surface area contributed by atoms with Gasteiger partial charge in [0.05, 0.1) is 9.80 Å². The van der Waals surface area contributed by atoms with Gasteiger partial charge in [0, 0.05) is 30.9 Å². The number of nitro groups is 1. The summed E-state index contributed by atoms with van der Waals surface area (Å²) in [6.45, 7) is 0.952. The number of carbonyl (C=O) groups is 1. The number of hydrogen-bond acceptors (Lipinski definition) is 7. The number of anilines is 1. The quantitative estimate of drug-likeness (QED) is 0.230. The van der Waals surface area contributed by atoms with E-state index >= 15 is 0 Å². The molecular formula is C16H16N6O3S2. The monoisotopic (exact) mass is 404 g/mol. The summed E-state index contributed by atoms with van der Waals surface area (Å²) in [5.41, 5.74) is 0.777. The fraction of sp³-hybridized carbons (Fsp3) is 0.188. The van der Waals surface area contributed by atoms with E-state index in [0.717, 1.165) is 10.6 Å². The summed E-state index contributed by atoms with van der Waals surface area (Å²) in [6, 6.07) is 9.92. The minimum atomic E-state index is -0.449. The normalized spacial score (nSPS) is 10.5. The van der Waals surface area contributed by atoms with E-state index in [2.05, 4.69) is 20.8 Å². The molecule has 3 N–H and O–H groups in total. The highest BCUT2D eigenvalue weighted by Crippen LogP contribution is 2.22. The van der Waals surface area contributed by atoms with Crippen LogP contribution in [-0.4, -0.2) is 38.7 Å². The van der Waals surface area contributed by atoms with Gasteiger partial charge >= 0.3 is 0 Å². The van der Waals surface area contributed by atoms with E-state index in [0.29, 0.717) is 23.7 Å². The molecule has 0 radical (unpaired) electrons. The molecule has 0 spiro atoms. The molecule has 27 heavy (non-hydrogen) atoms. The minimum absolute atomic E-state index is 0.0345. The third-order valence-corrected chi connectivity index (χ3v) is 4.83. The lowest BCUT2D eigenvalue weighted by Gasteiger charge is -2.09. The number of nitrogens with zero attached hydrogens (tertiary/aromatic N) is 3. The molecule has 1 aromatic carbocycles. The van der Waals surface area contributed by atoms with Crippen LogP contribution < -0.4 is 10.6 Å². The molecule has 0 aliphatic carbocycles. The smallest absolute Gasteiger partial charge is 0.269 e. The Morgan fingerprint density at radius 2 is 2.07 bits per heavy atom. The van der Waals surface area contributed by atoms with E-state index in [1.165, 1.54) is 23.5 Å². The average molecular weight is 404 g/mol. The number of aromatic amines is 1. The highest BCUT2D eigenvalue weighted by atomic mass is 32.1. The van der Waals surface area contributed by atoms with E-state index in [1.807, 2.05) is 17.5 Å². The Morgan fingerprint density at radius 1 is 1.30 bits per heavy atom. The van der Waals surface area contributed by atoms with Crippen molar-refractivity contribution in [2.75, 3.05) is 18.4 Å². The Labute approximate surface area is 163 Å². The van der Waals surface area contributed by atoms with Gasteiger partial charge in [-0.1, -0.05) is 6.07 Å². The average Bonchev–Trinajstić information content (AvgIpc) is 3.30. The zero-order valence-corrected chi connectivity index (χ0v) is 15.7. The molecule has 9 nitrogen and oxygen atoms in total. The third kappa shape index (κ3) is 4.77. The van der Waals surface area contributed by atoms with Gasteiger partial charge < -0.3 is 10.6 Å². The number of aromatic nitrogens is 3. The Kier molecular flexibility index (Phi) is 5.94. The number of nitro benzene ring substituents is 1. The predicted octanol–water partition coefficient (Wildman–Crippen LogP) is 2.81. The van der Waals surface area contributed by atoms with Crippen molar-refractivity contribution in [3.05, 3.63) is 56.7 Å². The Morgan fingerprint density at radius 3 is 2.74 bits per heavy atom. The predicted molar refractivity (Wildman–Crippen MR) is 105 cm³/mol. The van der Waals surface area contributed by atoms with E-state index < -0.39 is 4.92 Å². The summed E-state index contributed by atoms with van der Waals surface area (Å²) in [7, 11) is 0. The number of nitrogens with one attached hydrogen (secondary N) is 3. The molecular weight excluding hydrogens is 388 g/mol. The zero-order chi connectivity index (χ0) is 19.2. The standard InChI is InChI=1S/C16H16N6O3S2/c23-14(10-21-15(19-20-16(21)26)13-2-1-9-27-13)18-8-7-17-11-3-5-12(6-4-11)22(24)25/h1-6,9,17H,7-8,10H2,(H,18,23)(H,20,26). The fourth-order valence-electron chi connectivity index (χ4n) is 2.37. The lowest BCUT2D eigenvalue weighted by atomic mass is 10.3. The number of benzene rings is 1. The molecule has 0 aliphatic heterocycles. The molecule has 140 valence electrons. The van der Waals surface area contributed by atoms with Gasteiger partial charge in [-0.3, -0.25) is 24.6 Å². The Balaban J connectivity index is 1.49. The van der Waals surface area contributed by atoms with Crippen LogP contribution in [0, 0.1) is 14.9 Å². The van der Waals surface area contributed by atoms with Gasteiger partial charge in [0.2, 0.25) is 5.91 Å². The van der Waals surface area contributed by atoms with Crippen molar-refractivity contribution in [2.45, 2.75) is 6.54 Å². The first-order valence-electron chi connectivity index (χ1n) is 7.98. The van der Waals surface area contributed by atoms with Crippen molar-refractivity contribution < 1.29 is 9.72 Å². The van der Waals surface area contributed by atoms with Crippen LogP contribution in [0.5, 0.6) is 0 Å². The van der Waals surface area contributed by atoms with Gasteiger partial charge in [0.15, 0.2) is 10.6 Å². The minimum Gasteiger partial charge on any atom is -0.383 e. The number of rotatable bonds is 8. The van der Waals surface area contributed by atoms with Crippen molar-refractivity contribution in [1.82, 2.24) is 20.1 Å². The molecule has 11 heteroatoms. The van der Waals surface area contributed by atoms with Gasteiger partial charge in [-0.25, -0.2) is 0 Å². The van der Waals surface area contributed by atoms with Gasteiger partial charge in [0.25, 0.3) is 5.69 Å². The summed E-state index contributed by atoms with van der Waals surface area (Å²) in [5, 5.41) is 25.3. The SMILES string of the molecule is O=C(Cn1c(-c2cccs2)n[nH]c1=S)NCCNc1ccc([N+](=O)[O-])cc1. The number of thiophene rings is 1. The van der Waals surface area contributed by atoms with Gasteiger partial charge in [-0.2, -0.15) is 5.10 Å². The van der Waals surface area contributed by atoms with Crippen LogP contribution in [0.15, 0.2) is 41.8 Å². The van der Waals surface area contributed by atoms with Crippen LogP contribution in [0.1, 0.15) is 0 Å². The molecule has 3 aromatic rings. The van der Waals surface area contributed by atoms with Gasteiger partial charge in [-0.15, -0.1) is 11.3 Å². The molecule has 0 fully saturated rings. The molecule has 2 aromatic heterocycles. The van der Waals surface area contributed by atoms with Crippen LogP contribution in [0.25, 0.3) is 10.7 Å². The topological polar surface area (TPSA) is 118 Å². The molecule has 0 saturated carbocycles. The molecule has 0 saturated heterocycles. The number of hydrogen-bond donors (Lipinski definition) is 3.